The van der Waals surface area contributed by atoms with Gasteiger partial charge in [0.1, 0.15) is 5.70 Å². The number of amides is 2. The van der Waals surface area contributed by atoms with Gasteiger partial charge in [0, 0.05) is 16.1 Å². The zero-order valence-electron chi connectivity index (χ0n) is 17.3. The van der Waals surface area contributed by atoms with Gasteiger partial charge in [0.2, 0.25) is 0 Å². The van der Waals surface area contributed by atoms with E-state index < -0.39 is 5.91 Å². The summed E-state index contributed by atoms with van der Waals surface area (Å²) in [5, 5.41) is 5.59. The third-order valence-electron chi connectivity index (χ3n) is 5.68. The number of nitrogens with one attached hydrogen (secondary N) is 1. The van der Waals surface area contributed by atoms with Gasteiger partial charge in [0.05, 0.1) is 11.3 Å². The molecule has 0 unspecified atom stereocenters. The fourth-order valence-corrected chi connectivity index (χ4v) is 4.19. The molecule has 0 aromatic heterocycles. The molecule has 1 aliphatic rings. The number of benzene rings is 4. The molecule has 32 heavy (non-hydrogen) atoms. The van der Waals surface area contributed by atoms with Crippen molar-refractivity contribution in [2.45, 2.75) is 6.92 Å². The van der Waals surface area contributed by atoms with Crippen LogP contribution < -0.4 is 10.2 Å². The highest BCUT2D eigenvalue weighted by Crippen LogP contribution is 2.37. The number of rotatable bonds is 4. The second kappa shape index (κ2) is 7.98. The van der Waals surface area contributed by atoms with Crippen LogP contribution in [0.15, 0.2) is 96.7 Å². The number of halogens is 1. The topological polar surface area (TPSA) is 49.4 Å². The van der Waals surface area contributed by atoms with Crippen molar-refractivity contribution in [1.82, 2.24) is 0 Å². The minimum Gasteiger partial charge on any atom is -0.350 e. The van der Waals surface area contributed by atoms with Crippen molar-refractivity contribution in [1.29, 1.82) is 0 Å². The summed E-state index contributed by atoms with van der Waals surface area (Å²) in [6, 6.07) is 28.0. The number of nitrogens with zero attached hydrogens (tertiary/aromatic N) is 1. The first kappa shape index (κ1) is 20.0. The molecule has 1 aliphatic heterocycles. The maximum absolute atomic E-state index is 13.7. The number of fused-ring (bicyclic) bond motifs is 1. The molecule has 5 heteroatoms. The normalized spacial score (nSPS) is 13.9. The highest BCUT2D eigenvalue weighted by atomic mass is 35.5. The average Bonchev–Trinajstić information content (AvgIpc) is 3.06. The smallest absolute Gasteiger partial charge is 0.282 e. The van der Waals surface area contributed by atoms with Crippen LogP contribution in [0.3, 0.4) is 0 Å². The molecular formula is C27H19ClN2O2. The van der Waals surface area contributed by atoms with Gasteiger partial charge < -0.3 is 5.32 Å². The molecular weight excluding hydrogens is 420 g/mol. The van der Waals surface area contributed by atoms with Crippen molar-refractivity contribution in [3.05, 3.63) is 113 Å². The van der Waals surface area contributed by atoms with Crippen LogP contribution in [0.25, 0.3) is 16.3 Å². The van der Waals surface area contributed by atoms with Gasteiger partial charge in [0.25, 0.3) is 11.8 Å². The summed E-state index contributed by atoms with van der Waals surface area (Å²) in [4.78, 5) is 28.6. The highest BCUT2D eigenvalue weighted by molar-refractivity contribution is 6.47. The van der Waals surface area contributed by atoms with E-state index in [1.165, 1.54) is 4.90 Å². The van der Waals surface area contributed by atoms with E-state index in [9.17, 15) is 9.59 Å². The van der Waals surface area contributed by atoms with E-state index in [0.717, 1.165) is 16.3 Å². The Morgan fingerprint density at radius 2 is 1.44 bits per heavy atom. The Morgan fingerprint density at radius 3 is 2.25 bits per heavy atom. The van der Waals surface area contributed by atoms with Crippen molar-refractivity contribution in [2.75, 3.05) is 10.2 Å². The Bertz CT molecular complexity index is 1400. The number of anilines is 2. The summed E-state index contributed by atoms with van der Waals surface area (Å²) in [7, 11) is 0. The fourth-order valence-electron chi connectivity index (χ4n) is 4.02. The van der Waals surface area contributed by atoms with Gasteiger partial charge in [-0.05, 0) is 41.6 Å². The van der Waals surface area contributed by atoms with Crippen molar-refractivity contribution < 1.29 is 9.59 Å². The Hall–Kier alpha value is -3.89. The van der Waals surface area contributed by atoms with Crippen LogP contribution in [0.5, 0.6) is 0 Å². The van der Waals surface area contributed by atoms with E-state index in [1.54, 1.807) is 12.1 Å². The lowest BCUT2D eigenvalue weighted by atomic mass is 10.0. The average molecular weight is 439 g/mol. The van der Waals surface area contributed by atoms with Crippen LogP contribution in [-0.2, 0) is 9.59 Å². The zero-order chi connectivity index (χ0) is 22.2. The first-order valence-electron chi connectivity index (χ1n) is 10.2. The summed E-state index contributed by atoms with van der Waals surface area (Å²) in [6.07, 6.45) is 0. The van der Waals surface area contributed by atoms with Crippen LogP contribution in [0.1, 0.15) is 11.1 Å². The van der Waals surface area contributed by atoms with Gasteiger partial charge in [-0.15, -0.1) is 0 Å². The van der Waals surface area contributed by atoms with Crippen molar-refractivity contribution in [3.8, 4) is 0 Å². The van der Waals surface area contributed by atoms with Gasteiger partial charge >= 0.3 is 0 Å². The lowest BCUT2D eigenvalue weighted by Gasteiger charge is -2.18. The molecule has 1 N–H and O–H groups in total. The summed E-state index contributed by atoms with van der Waals surface area (Å²) < 4.78 is 0. The molecule has 156 valence electrons. The van der Waals surface area contributed by atoms with E-state index in [-0.39, 0.29) is 11.6 Å². The summed E-state index contributed by atoms with van der Waals surface area (Å²) in [5.74, 6) is -0.760. The molecule has 0 saturated heterocycles. The SMILES string of the molecule is Cc1c(Cl)cccc1NC1=C(c2ccccc2)C(=O)N(c2cccc3ccccc23)C1=O. The highest BCUT2D eigenvalue weighted by Gasteiger charge is 2.40. The molecule has 0 saturated carbocycles. The molecule has 4 nitrogen and oxygen atoms in total. The maximum Gasteiger partial charge on any atom is 0.282 e. The first-order chi connectivity index (χ1) is 15.6. The third kappa shape index (κ3) is 3.26. The third-order valence-corrected chi connectivity index (χ3v) is 6.09. The minimum absolute atomic E-state index is 0.236. The van der Waals surface area contributed by atoms with Crippen molar-refractivity contribution in [3.63, 3.8) is 0 Å². The Balaban J connectivity index is 1.68. The van der Waals surface area contributed by atoms with Crippen molar-refractivity contribution >= 4 is 51.1 Å². The summed E-state index contributed by atoms with van der Waals surface area (Å²) >= 11 is 6.29. The predicted octanol–water partition coefficient (Wildman–Crippen LogP) is 6.20. The molecule has 0 fully saturated rings. The Kier molecular flexibility index (Phi) is 5.00. The van der Waals surface area contributed by atoms with Crippen LogP contribution in [0, 0.1) is 6.92 Å². The van der Waals surface area contributed by atoms with E-state index in [2.05, 4.69) is 5.32 Å². The molecule has 4 aromatic carbocycles. The quantitative estimate of drug-likeness (QED) is 0.386. The molecule has 1 heterocycles. The lowest BCUT2D eigenvalue weighted by molar-refractivity contribution is -0.120. The number of carbonyl (C=O) groups excluding carboxylic acids is 2. The van der Waals surface area contributed by atoms with Crippen LogP contribution in [0.2, 0.25) is 5.02 Å². The van der Waals surface area contributed by atoms with E-state index in [0.29, 0.717) is 27.5 Å². The van der Waals surface area contributed by atoms with Crippen molar-refractivity contribution in [2.24, 2.45) is 0 Å². The van der Waals surface area contributed by atoms with Gasteiger partial charge in [-0.1, -0.05) is 84.4 Å². The summed E-state index contributed by atoms with van der Waals surface area (Å²) in [6.45, 7) is 1.87. The molecule has 0 bridgehead atoms. The van der Waals surface area contributed by atoms with Crippen LogP contribution in [0.4, 0.5) is 11.4 Å². The molecule has 4 aromatic rings. The minimum atomic E-state index is -0.399. The van der Waals surface area contributed by atoms with Gasteiger partial charge in [-0.25, -0.2) is 4.90 Å². The number of hydrogen-bond donors (Lipinski definition) is 1. The van der Waals surface area contributed by atoms with E-state index in [1.807, 2.05) is 85.8 Å². The van der Waals surface area contributed by atoms with Gasteiger partial charge in [-0.2, -0.15) is 0 Å². The molecule has 0 atom stereocenters. The second-order valence-electron chi connectivity index (χ2n) is 7.60. The standard InChI is InChI=1S/C27H19ClN2O2/c1-17-21(28)14-8-15-22(17)29-25-24(19-10-3-2-4-11-19)26(31)30(27(25)32)23-16-7-12-18-9-5-6-13-20(18)23/h2-16,29H,1H3. The second-order valence-corrected chi connectivity index (χ2v) is 8.00. The Morgan fingerprint density at radius 1 is 0.750 bits per heavy atom. The van der Waals surface area contributed by atoms with Gasteiger partial charge in [-0.3, -0.25) is 9.59 Å². The summed E-state index contributed by atoms with van der Waals surface area (Å²) in [5.41, 5.74) is 3.30. The first-order valence-corrected chi connectivity index (χ1v) is 10.6. The zero-order valence-corrected chi connectivity index (χ0v) is 18.1. The van der Waals surface area contributed by atoms with Gasteiger partial charge in [0.15, 0.2) is 0 Å². The monoisotopic (exact) mass is 438 g/mol. The van der Waals surface area contributed by atoms with E-state index >= 15 is 0 Å². The molecule has 0 spiro atoms. The molecule has 5 rings (SSSR count). The molecule has 0 radical (unpaired) electrons. The molecule has 0 aliphatic carbocycles. The Labute approximate surface area is 190 Å². The predicted molar refractivity (Wildman–Crippen MR) is 130 cm³/mol. The number of hydrogen-bond acceptors (Lipinski definition) is 3. The number of carbonyl (C=O) groups is 2. The van der Waals surface area contributed by atoms with Crippen LogP contribution >= 0.6 is 11.6 Å². The van der Waals surface area contributed by atoms with E-state index in [4.69, 9.17) is 11.6 Å². The maximum atomic E-state index is 13.7. The van der Waals surface area contributed by atoms with Crippen LogP contribution in [-0.4, -0.2) is 11.8 Å². The largest absolute Gasteiger partial charge is 0.350 e. The molecule has 2 amide bonds. The fraction of sp³-hybridized carbons (Fsp3) is 0.0370. The number of imide groups is 1. The lowest BCUT2D eigenvalue weighted by Crippen LogP contribution is -2.32.